The Balaban J connectivity index is 1.88. The van der Waals surface area contributed by atoms with Crippen LogP contribution in [0.5, 0.6) is 0 Å². The van der Waals surface area contributed by atoms with Crippen LogP contribution in [0, 0.1) is 19.7 Å². The highest BCUT2D eigenvalue weighted by Crippen LogP contribution is 2.25. The fourth-order valence-corrected chi connectivity index (χ4v) is 2.93. The van der Waals surface area contributed by atoms with Crippen molar-refractivity contribution in [3.8, 4) is 11.1 Å². The number of hydrogen-bond acceptors (Lipinski definition) is 2. The van der Waals surface area contributed by atoms with E-state index in [0.717, 1.165) is 23.1 Å². The van der Waals surface area contributed by atoms with Crippen molar-refractivity contribution >= 4 is 5.91 Å². The molecule has 3 rings (SSSR count). The van der Waals surface area contributed by atoms with E-state index in [0.29, 0.717) is 13.1 Å². The van der Waals surface area contributed by atoms with E-state index in [9.17, 15) is 9.18 Å². The number of nitrogens with zero attached hydrogens (tertiary/aromatic N) is 1. The fourth-order valence-electron chi connectivity index (χ4n) is 2.93. The van der Waals surface area contributed by atoms with Crippen molar-refractivity contribution < 1.29 is 9.18 Å². The predicted octanol–water partition coefficient (Wildman–Crippen LogP) is 3.28. The van der Waals surface area contributed by atoms with E-state index in [1.54, 1.807) is 17.0 Å². The van der Waals surface area contributed by atoms with Gasteiger partial charge in [0.05, 0.1) is 5.56 Å². The summed E-state index contributed by atoms with van der Waals surface area (Å²) in [5.41, 5.74) is 10.0. The van der Waals surface area contributed by atoms with Gasteiger partial charge < -0.3 is 10.6 Å². The largest absolute Gasteiger partial charge is 0.337 e. The molecule has 0 bridgehead atoms. The lowest BCUT2D eigenvalue weighted by Crippen LogP contribution is -2.32. The molecule has 2 aromatic carbocycles. The first kappa shape index (κ1) is 15.7. The van der Waals surface area contributed by atoms with Crippen molar-refractivity contribution in [3.05, 3.63) is 58.9 Å². The van der Waals surface area contributed by atoms with Crippen LogP contribution in [0.2, 0.25) is 0 Å². The summed E-state index contributed by atoms with van der Waals surface area (Å²) < 4.78 is 14.4. The number of likely N-dealkylation sites (tertiary alicyclic amines) is 1. The Morgan fingerprint density at radius 2 is 1.83 bits per heavy atom. The number of hydrogen-bond donors (Lipinski definition) is 1. The molecule has 2 aromatic rings. The van der Waals surface area contributed by atoms with Gasteiger partial charge in [0.25, 0.3) is 5.91 Å². The third-order valence-electron chi connectivity index (χ3n) is 4.55. The summed E-state index contributed by atoms with van der Waals surface area (Å²) in [6.45, 7) is 5.17. The van der Waals surface area contributed by atoms with Gasteiger partial charge in [-0.25, -0.2) is 4.39 Å². The van der Waals surface area contributed by atoms with Gasteiger partial charge in [0.15, 0.2) is 0 Å². The normalized spacial score (nSPS) is 17.6. The third kappa shape index (κ3) is 3.13. The van der Waals surface area contributed by atoms with Crippen LogP contribution >= 0.6 is 0 Å². The lowest BCUT2D eigenvalue weighted by atomic mass is 9.99. The summed E-state index contributed by atoms with van der Waals surface area (Å²) in [5.74, 6) is -0.756. The molecule has 1 heterocycles. The average molecular weight is 312 g/mol. The Kier molecular flexibility index (Phi) is 4.18. The molecule has 1 aliphatic rings. The first-order valence-electron chi connectivity index (χ1n) is 7.88. The first-order valence-corrected chi connectivity index (χ1v) is 7.88. The quantitative estimate of drug-likeness (QED) is 0.925. The minimum absolute atomic E-state index is 0.00295. The number of amides is 1. The second kappa shape index (κ2) is 6.13. The van der Waals surface area contributed by atoms with Crippen LogP contribution in [0.4, 0.5) is 4.39 Å². The zero-order valence-corrected chi connectivity index (χ0v) is 13.5. The van der Waals surface area contributed by atoms with Crippen LogP contribution in [0.25, 0.3) is 11.1 Å². The Morgan fingerprint density at radius 3 is 2.43 bits per heavy atom. The van der Waals surface area contributed by atoms with Crippen molar-refractivity contribution in [1.82, 2.24) is 4.90 Å². The lowest BCUT2D eigenvalue weighted by molar-refractivity contribution is 0.0786. The van der Waals surface area contributed by atoms with Crippen LogP contribution < -0.4 is 5.73 Å². The maximum Gasteiger partial charge on any atom is 0.256 e. The van der Waals surface area contributed by atoms with Crippen molar-refractivity contribution in [2.75, 3.05) is 13.1 Å². The molecule has 1 fully saturated rings. The summed E-state index contributed by atoms with van der Waals surface area (Å²) in [4.78, 5) is 14.0. The highest BCUT2D eigenvalue weighted by atomic mass is 19.1. The smallest absolute Gasteiger partial charge is 0.256 e. The molecular formula is C19H21FN2O. The van der Waals surface area contributed by atoms with Gasteiger partial charge in [-0.05, 0) is 54.7 Å². The topological polar surface area (TPSA) is 46.3 Å². The molecule has 1 aliphatic heterocycles. The predicted molar refractivity (Wildman–Crippen MR) is 89.8 cm³/mol. The number of nitrogens with two attached hydrogens (primary N) is 1. The Morgan fingerprint density at radius 1 is 1.13 bits per heavy atom. The number of halogens is 1. The molecular weight excluding hydrogens is 291 g/mol. The zero-order chi connectivity index (χ0) is 16.6. The molecule has 23 heavy (non-hydrogen) atoms. The van der Waals surface area contributed by atoms with Crippen molar-refractivity contribution in [2.45, 2.75) is 26.3 Å². The molecule has 0 unspecified atom stereocenters. The van der Waals surface area contributed by atoms with Crippen LogP contribution in [-0.4, -0.2) is 29.9 Å². The molecule has 2 N–H and O–H groups in total. The minimum atomic E-state index is -0.480. The van der Waals surface area contributed by atoms with Gasteiger partial charge in [-0.2, -0.15) is 0 Å². The summed E-state index contributed by atoms with van der Waals surface area (Å²) in [6, 6.07) is 10.8. The second-order valence-corrected chi connectivity index (χ2v) is 6.29. The van der Waals surface area contributed by atoms with Crippen LogP contribution in [0.1, 0.15) is 27.9 Å². The number of carbonyl (C=O) groups excluding carboxylic acids is 1. The highest BCUT2D eigenvalue weighted by molar-refractivity contribution is 5.95. The monoisotopic (exact) mass is 312 g/mol. The number of carbonyl (C=O) groups is 1. The number of rotatable bonds is 2. The van der Waals surface area contributed by atoms with Gasteiger partial charge in [-0.15, -0.1) is 0 Å². The summed E-state index contributed by atoms with van der Waals surface area (Å²) in [7, 11) is 0. The van der Waals surface area contributed by atoms with Crippen LogP contribution in [0.15, 0.2) is 36.4 Å². The van der Waals surface area contributed by atoms with Crippen molar-refractivity contribution in [3.63, 3.8) is 0 Å². The summed E-state index contributed by atoms with van der Waals surface area (Å²) >= 11 is 0. The molecule has 0 saturated carbocycles. The Bertz CT molecular complexity index is 757. The van der Waals surface area contributed by atoms with Gasteiger partial charge in [-0.3, -0.25) is 4.79 Å². The standard InChI is InChI=1S/C19H21FN2O/c1-12-3-4-14(9-13(12)2)15-5-6-17(18(20)10-15)19(23)22-8-7-16(21)11-22/h3-6,9-10,16H,7-8,11,21H2,1-2H3/t16-/m1/s1. The van der Waals surface area contributed by atoms with Gasteiger partial charge in [0, 0.05) is 19.1 Å². The number of aryl methyl sites for hydroxylation is 2. The van der Waals surface area contributed by atoms with E-state index in [-0.39, 0.29) is 17.5 Å². The molecule has 0 radical (unpaired) electrons. The maximum absolute atomic E-state index is 14.4. The lowest BCUT2D eigenvalue weighted by Gasteiger charge is -2.16. The van der Waals surface area contributed by atoms with E-state index >= 15 is 0 Å². The molecule has 0 aliphatic carbocycles. The average Bonchev–Trinajstić information content (AvgIpc) is 2.96. The van der Waals surface area contributed by atoms with Gasteiger partial charge in [0.1, 0.15) is 5.82 Å². The fraction of sp³-hybridized carbons (Fsp3) is 0.316. The van der Waals surface area contributed by atoms with Gasteiger partial charge in [0.2, 0.25) is 0 Å². The third-order valence-corrected chi connectivity index (χ3v) is 4.55. The van der Waals surface area contributed by atoms with E-state index in [1.807, 2.05) is 32.0 Å². The zero-order valence-electron chi connectivity index (χ0n) is 13.5. The summed E-state index contributed by atoms with van der Waals surface area (Å²) in [6.07, 6.45) is 0.772. The van der Waals surface area contributed by atoms with Crippen LogP contribution in [0.3, 0.4) is 0 Å². The van der Waals surface area contributed by atoms with Crippen molar-refractivity contribution in [2.24, 2.45) is 5.73 Å². The Labute approximate surface area is 135 Å². The molecule has 1 amide bonds. The van der Waals surface area contributed by atoms with Crippen molar-refractivity contribution in [1.29, 1.82) is 0 Å². The van der Waals surface area contributed by atoms with E-state index < -0.39 is 5.82 Å². The highest BCUT2D eigenvalue weighted by Gasteiger charge is 2.26. The molecule has 0 aromatic heterocycles. The molecule has 1 saturated heterocycles. The summed E-state index contributed by atoms with van der Waals surface area (Å²) in [5, 5.41) is 0. The number of benzene rings is 2. The Hall–Kier alpha value is -2.20. The van der Waals surface area contributed by atoms with Gasteiger partial charge in [-0.1, -0.05) is 24.3 Å². The molecule has 120 valence electrons. The first-order chi connectivity index (χ1) is 11.0. The maximum atomic E-state index is 14.4. The van der Waals surface area contributed by atoms with Crippen LogP contribution in [-0.2, 0) is 0 Å². The van der Waals surface area contributed by atoms with E-state index in [2.05, 4.69) is 0 Å². The van der Waals surface area contributed by atoms with Gasteiger partial charge >= 0.3 is 0 Å². The molecule has 1 atom stereocenters. The molecule has 0 spiro atoms. The minimum Gasteiger partial charge on any atom is -0.337 e. The SMILES string of the molecule is Cc1ccc(-c2ccc(C(=O)N3CC[C@@H](N)C3)c(F)c2)cc1C. The second-order valence-electron chi connectivity index (χ2n) is 6.29. The molecule has 4 heteroatoms. The van der Waals surface area contributed by atoms with E-state index in [1.165, 1.54) is 11.6 Å². The van der Waals surface area contributed by atoms with E-state index in [4.69, 9.17) is 5.73 Å². The molecule has 3 nitrogen and oxygen atoms in total.